The van der Waals surface area contributed by atoms with Gasteiger partial charge in [0.1, 0.15) is 11.3 Å². The zero-order valence-corrected chi connectivity index (χ0v) is 17.0. The first-order chi connectivity index (χ1) is 12.7. The van der Waals surface area contributed by atoms with Gasteiger partial charge in [-0.3, -0.25) is 4.79 Å². The van der Waals surface area contributed by atoms with Crippen molar-refractivity contribution in [3.63, 3.8) is 0 Å². The molecule has 1 heterocycles. The lowest BCUT2D eigenvalue weighted by atomic mass is 10.1. The van der Waals surface area contributed by atoms with E-state index < -0.39 is 17.7 Å². The molecule has 0 aliphatic carbocycles. The van der Waals surface area contributed by atoms with E-state index in [4.69, 9.17) is 18.9 Å². The molecule has 1 aliphatic rings. The molecular formula is C19H21BrO7. The number of carbonyl (C=O) groups excluding carboxylic acids is 3. The molecule has 8 heteroatoms. The second-order valence-corrected chi connectivity index (χ2v) is 7.09. The van der Waals surface area contributed by atoms with Crippen molar-refractivity contribution < 1.29 is 33.3 Å². The zero-order valence-electron chi connectivity index (χ0n) is 15.4. The monoisotopic (exact) mass is 440 g/mol. The third kappa shape index (κ3) is 6.09. The highest BCUT2D eigenvalue weighted by Gasteiger charge is 2.39. The molecular weight excluding hydrogens is 420 g/mol. The van der Waals surface area contributed by atoms with Gasteiger partial charge in [-0.1, -0.05) is 15.9 Å². The van der Waals surface area contributed by atoms with Crippen LogP contribution in [0.5, 0.6) is 5.75 Å². The highest BCUT2D eigenvalue weighted by atomic mass is 79.9. The molecule has 0 radical (unpaired) electrons. The Balaban J connectivity index is 2.13. The lowest BCUT2D eigenvalue weighted by Gasteiger charge is -2.29. The van der Waals surface area contributed by atoms with Crippen LogP contribution in [0.3, 0.4) is 0 Å². The molecule has 0 N–H and O–H groups in total. The molecule has 146 valence electrons. The second-order valence-electron chi connectivity index (χ2n) is 6.18. The molecule has 7 nitrogen and oxygen atoms in total. The Morgan fingerprint density at radius 1 is 1.22 bits per heavy atom. The number of cyclic esters (lactones) is 2. The summed E-state index contributed by atoms with van der Waals surface area (Å²) in [6.45, 7) is 5.33. The molecule has 1 aromatic rings. The van der Waals surface area contributed by atoms with Gasteiger partial charge in [0.05, 0.1) is 13.2 Å². The molecule has 0 atom stereocenters. The average molecular weight is 441 g/mol. The normalized spacial score (nSPS) is 15.6. The molecule has 0 amide bonds. The highest BCUT2D eigenvalue weighted by molar-refractivity contribution is 9.10. The van der Waals surface area contributed by atoms with E-state index in [1.54, 1.807) is 25.1 Å². The summed E-state index contributed by atoms with van der Waals surface area (Å²) >= 11 is 3.35. The summed E-state index contributed by atoms with van der Waals surface area (Å²) in [5.41, 5.74) is 0.285. The number of rotatable bonds is 7. The van der Waals surface area contributed by atoms with Crippen molar-refractivity contribution in [2.24, 2.45) is 0 Å². The minimum Gasteiger partial charge on any atom is -0.493 e. The van der Waals surface area contributed by atoms with Gasteiger partial charge < -0.3 is 18.9 Å². The number of hydrogen-bond acceptors (Lipinski definition) is 7. The Morgan fingerprint density at radius 2 is 1.89 bits per heavy atom. The standard InChI is InChI=1S/C19H21BrO7/c1-4-24-16(21)6-5-9-25-15-8-7-13(20)10-12(15)11-14-17(22)26-19(2,3)27-18(14)23/h7-8,10-11H,4-6,9H2,1-3H3. The van der Waals surface area contributed by atoms with Gasteiger partial charge in [0.2, 0.25) is 0 Å². The van der Waals surface area contributed by atoms with E-state index in [1.165, 1.54) is 19.9 Å². The van der Waals surface area contributed by atoms with Crippen molar-refractivity contribution in [1.29, 1.82) is 0 Å². The van der Waals surface area contributed by atoms with Gasteiger partial charge >= 0.3 is 17.9 Å². The molecule has 1 saturated heterocycles. The molecule has 1 aliphatic heterocycles. The molecule has 0 bridgehead atoms. The molecule has 1 aromatic carbocycles. The van der Waals surface area contributed by atoms with Crippen LogP contribution in [0.25, 0.3) is 6.08 Å². The number of benzene rings is 1. The van der Waals surface area contributed by atoms with Gasteiger partial charge in [-0.05, 0) is 37.6 Å². The van der Waals surface area contributed by atoms with Crippen LogP contribution in [-0.4, -0.2) is 36.9 Å². The third-order valence-corrected chi connectivity index (χ3v) is 3.97. The molecule has 0 unspecified atom stereocenters. The fourth-order valence-corrected chi connectivity index (χ4v) is 2.71. The predicted octanol–water partition coefficient (Wildman–Crippen LogP) is 3.39. The largest absolute Gasteiger partial charge is 0.493 e. The first kappa shape index (κ1) is 21.0. The van der Waals surface area contributed by atoms with Crippen LogP contribution in [0.1, 0.15) is 39.2 Å². The Hall–Kier alpha value is -2.35. The van der Waals surface area contributed by atoms with Gasteiger partial charge in [-0.25, -0.2) is 9.59 Å². The first-order valence-corrected chi connectivity index (χ1v) is 9.27. The van der Waals surface area contributed by atoms with Crippen molar-refractivity contribution >= 4 is 39.9 Å². The number of carbonyl (C=O) groups is 3. The predicted molar refractivity (Wildman–Crippen MR) is 99.7 cm³/mol. The molecule has 0 aromatic heterocycles. The zero-order chi connectivity index (χ0) is 20.0. The van der Waals surface area contributed by atoms with Crippen LogP contribution in [0, 0.1) is 0 Å². The maximum Gasteiger partial charge on any atom is 0.348 e. The van der Waals surface area contributed by atoms with Gasteiger partial charge in [0, 0.05) is 30.3 Å². The van der Waals surface area contributed by atoms with Gasteiger partial charge in [0.15, 0.2) is 0 Å². The van der Waals surface area contributed by atoms with E-state index in [2.05, 4.69) is 15.9 Å². The minimum absolute atomic E-state index is 0.219. The fourth-order valence-electron chi connectivity index (χ4n) is 2.33. The van der Waals surface area contributed by atoms with E-state index in [1.807, 2.05) is 0 Å². The van der Waals surface area contributed by atoms with Crippen molar-refractivity contribution in [3.8, 4) is 5.75 Å². The minimum atomic E-state index is -1.30. The van der Waals surface area contributed by atoms with Crippen molar-refractivity contribution in [2.75, 3.05) is 13.2 Å². The lowest BCUT2D eigenvalue weighted by molar-refractivity contribution is -0.222. The van der Waals surface area contributed by atoms with Gasteiger partial charge in [0.25, 0.3) is 5.79 Å². The summed E-state index contributed by atoms with van der Waals surface area (Å²) in [7, 11) is 0. The molecule has 0 saturated carbocycles. The first-order valence-electron chi connectivity index (χ1n) is 8.48. The van der Waals surface area contributed by atoms with Crippen LogP contribution in [0.15, 0.2) is 28.2 Å². The second kappa shape index (κ2) is 9.03. The van der Waals surface area contributed by atoms with Gasteiger partial charge in [-0.2, -0.15) is 0 Å². The number of esters is 3. The summed E-state index contributed by atoms with van der Waals surface area (Å²) in [6.07, 6.45) is 2.09. The quantitative estimate of drug-likeness (QED) is 0.277. The van der Waals surface area contributed by atoms with E-state index in [9.17, 15) is 14.4 Å². The summed E-state index contributed by atoms with van der Waals surface area (Å²) in [5, 5.41) is 0. The van der Waals surface area contributed by atoms with Crippen LogP contribution in [0.4, 0.5) is 0 Å². The summed E-state index contributed by atoms with van der Waals surface area (Å²) in [6, 6.07) is 5.17. The van der Waals surface area contributed by atoms with E-state index in [0.29, 0.717) is 24.3 Å². The Kier molecular flexibility index (Phi) is 7.01. The van der Waals surface area contributed by atoms with Crippen LogP contribution in [0.2, 0.25) is 0 Å². The maximum atomic E-state index is 12.1. The number of ether oxygens (including phenoxy) is 4. The smallest absolute Gasteiger partial charge is 0.348 e. The average Bonchev–Trinajstić information content (AvgIpc) is 2.56. The van der Waals surface area contributed by atoms with Crippen LogP contribution in [-0.2, 0) is 28.6 Å². The van der Waals surface area contributed by atoms with Crippen molar-refractivity contribution in [1.82, 2.24) is 0 Å². The van der Waals surface area contributed by atoms with E-state index >= 15 is 0 Å². The summed E-state index contributed by atoms with van der Waals surface area (Å²) in [5.74, 6) is -2.64. The van der Waals surface area contributed by atoms with Crippen LogP contribution >= 0.6 is 15.9 Å². The molecule has 0 spiro atoms. The molecule has 1 fully saturated rings. The van der Waals surface area contributed by atoms with Gasteiger partial charge in [-0.15, -0.1) is 0 Å². The number of hydrogen-bond donors (Lipinski definition) is 0. The van der Waals surface area contributed by atoms with Crippen LogP contribution < -0.4 is 4.74 Å². The van der Waals surface area contributed by atoms with E-state index in [-0.39, 0.29) is 24.6 Å². The number of halogens is 1. The van der Waals surface area contributed by atoms with Crippen molar-refractivity contribution in [3.05, 3.63) is 33.8 Å². The Labute approximate surface area is 165 Å². The Bertz CT molecular complexity index is 745. The highest BCUT2D eigenvalue weighted by Crippen LogP contribution is 2.29. The van der Waals surface area contributed by atoms with Crippen molar-refractivity contribution in [2.45, 2.75) is 39.4 Å². The summed E-state index contributed by atoms with van der Waals surface area (Å²) < 4.78 is 21.5. The Morgan fingerprint density at radius 3 is 2.52 bits per heavy atom. The topological polar surface area (TPSA) is 88.1 Å². The molecule has 27 heavy (non-hydrogen) atoms. The summed E-state index contributed by atoms with van der Waals surface area (Å²) in [4.78, 5) is 35.6. The fraction of sp³-hybridized carbons (Fsp3) is 0.421. The maximum absolute atomic E-state index is 12.1. The molecule has 2 rings (SSSR count). The lowest BCUT2D eigenvalue weighted by Crippen LogP contribution is -2.41. The third-order valence-electron chi connectivity index (χ3n) is 3.48. The van der Waals surface area contributed by atoms with E-state index in [0.717, 1.165) is 4.47 Å². The SMILES string of the molecule is CCOC(=O)CCCOc1ccc(Br)cc1C=C1C(=O)OC(C)(C)OC1=O.